The van der Waals surface area contributed by atoms with Crippen molar-refractivity contribution in [3.63, 3.8) is 0 Å². The molecule has 0 radical (unpaired) electrons. The molecule has 0 aliphatic carbocycles. The molecule has 0 heterocycles. The third-order valence-corrected chi connectivity index (χ3v) is 2.75. The summed E-state index contributed by atoms with van der Waals surface area (Å²) in [6.07, 6.45) is 0. The maximum Gasteiger partial charge on any atom is 0.260 e. The summed E-state index contributed by atoms with van der Waals surface area (Å²) in [5, 5.41) is 8.79. The molecule has 0 unspecified atom stereocenters. The van der Waals surface area contributed by atoms with Crippen molar-refractivity contribution in [3.8, 4) is 5.75 Å². The van der Waals surface area contributed by atoms with Gasteiger partial charge in [-0.05, 0) is 31.5 Å². The second-order valence-electron chi connectivity index (χ2n) is 4.43. The zero-order valence-electron chi connectivity index (χ0n) is 11.1. The molecule has 0 bridgehead atoms. The first-order valence-electron chi connectivity index (χ1n) is 5.84. The third-order valence-electron chi connectivity index (χ3n) is 2.75. The van der Waals surface area contributed by atoms with Crippen LogP contribution in [0.1, 0.15) is 19.4 Å². The van der Waals surface area contributed by atoms with Crippen molar-refractivity contribution < 1.29 is 23.4 Å². The standard InChI is InChI=1S/C13H17F2NO3/c1-8(2)16(3)12(18)7-19-13-10(14)4-9(6-17)5-11(13)15/h4-5,8,17H,6-7H2,1-3H3. The van der Waals surface area contributed by atoms with E-state index in [2.05, 4.69) is 0 Å². The van der Waals surface area contributed by atoms with Crippen molar-refractivity contribution in [2.24, 2.45) is 0 Å². The Bertz CT molecular complexity index is 440. The van der Waals surface area contributed by atoms with Gasteiger partial charge in [-0.3, -0.25) is 4.79 Å². The van der Waals surface area contributed by atoms with Crippen LogP contribution >= 0.6 is 0 Å². The van der Waals surface area contributed by atoms with Crippen LogP contribution in [0.25, 0.3) is 0 Å². The van der Waals surface area contributed by atoms with Gasteiger partial charge in [0.15, 0.2) is 24.0 Å². The Labute approximate surface area is 110 Å². The summed E-state index contributed by atoms with van der Waals surface area (Å²) in [6, 6.07) is 1.91. The van der Waals surface area contributed by atoms with E-state index >= 15 is 0 Å². The van der Waals surface area contributed by atoms with E-state index in [1.165, 1.54) is 4.90 Å². The predicted molar refractivity (Wildman–Crippen MR) is 65.7 cm³/mol. The largest absolute Gasteiger partial charge is 0.478 e. The van der Waals surface area contributed by atoms with Crippen molar-refractivity contribution in [2.75, 3.05) is 13.7 Å². The van der Waals surface area contributed by atoms with Crippen LogP contribution in [0.5, 0.6) is 5.75 Å². The van der Waals surface area contributed by atoms with Crippen LogP contribution in [0.2, 0.25) is 0 Å². The van der Waals surface area contributed by atoms with Crippen molar-refractivity contribution in [1.82, 2.24) is 4.90 Å². The average molecular weight is 273 g/mol. The molecule has 0 spiro atoms. The lowest BCUT2D eigenvalue weighted by molar-refractivity contribution is -0.133. The van der Waals surface area contributed by atoms with E-state index in [1.807, 2.05) is 13.8 Å². The molecule has 6 heteroatoms. The molecule has 1 N–H and O–H groups in total. The van der Waals surface area contributed by atoms with Crippen molar-refractivity contribution >= 4 is 5.91 Å². The molecule has 1 amide bonds. The van der Waals surface area contributed by atoms with Crippen molar-refractivity contribution in [1.29, 1.82) is 0 Å². The highest BCUT2D eigenvalue weighted by molar-refractivity contribution is 5.77. The number of likely N-dealkylation sites (N-methyl/N-ethyl adjacent to an activating group) is 1. The van der Waals surface area contributed by atoms with Crippen molar-refractivity contribution in [2.45, 2.75) is 26.5 Å². The maximum absolute atomic E-state index is 13.5. The molecule has 0 fully saturated rings. The molecule has 1 aromatic carbocycles. The summed E-state index contributed by atoms with van der Waals surface area (Å²) in [4.78, 5) is 13.0. The number of carbonyl (C=O) groups is 1. The first-order valence-corrected chi connectivity index (χ1v) is 5.84. The first kappa shape index (κ1) is 15.4. The van der Waals surface area contributed by atoms with Crippen LogP contribution in [-0.2, 0) is 11.4 Å². The summed E-state index contributed by atoms with van der Waals surface area (Å²) in [5.74, 6) is -2.86. The summed E-state index contributed by atoms with van der Waals surface area (Å²) >= 11 is 0. The van der Waals surface area contributed by atoms with Gasteiger partial charge in [-0.2, -0.15) is 0 Å². The lowest BCUT2D eigenvalue weighted by Crippen LogP contribution is -2.36. The number of nitrogens with zero attached hydrogens (tertiary/aromatic N) is 1. The van der Waals surface area contributed by atoms with Gasteiger partial charge in [0.05, 0.1) is 6.61 Å². The average Bonchev–Trinajstić information content (AvgIpc) is 2.35. The fourth-order valence-corrected chi connectivity index (χ4v) is 1.37. The molecule has 4 nitrogen and oxygen atoms in total. The minimum Gasteiger partial charge on any atom is -0.478 e. The van der Waals surface area contributed by atoms with Gasteiger partial charge in [0.25, 0.3) is 5.91 Å². The highest BCUT2D eigenvalue weighted by atomic mass is 19.1. The van der Waals surface area contributed by atoms with Gasteiger partial charge in [-0.1, -0.05) is 0 Å². The van der Waals surface area contributed by atoms with Gasteiger partial charge in [0, 0.05) is 13.1 Å². The molecule has 0 saturated heterocycles. The molecule has 1 aromatic rings. The lowest BCUT2D eigenvalue weighted by atomic mass is 10.2. The zero-order valence-corrected chi connectivity index (χ0v) is 11.1. The molecule has 0 saturated carbocycles. The number of ether oxygens (including phenoxy) is 1. The van der Waals surface area contributed by atoms with Crippen LogP contribution in [0.4, 0.5) is 8.78 Å². The molecule has 1 rings (SSSR count). The second-order valence-corrected chi connectivity index (χ2v) is 4.43. The molecule has 0 aliphatic rings. The summed E-state index contributed by atoms with van der Waals surface area (Å²) in [5.41, 5.74) is 0.105. The monoisotopic (exact) mass is 273 g/mol. The Kier molecular flexibility index (Phi) is 5.23. The molecule has 0 atom stereocenters. The number of benzene rings is 1. The Morgan fingerprint density at radius 3 is 2.32 bits per heavy atom. The summed E-state index contributed by atoms with van der Waals surface area (Å²) < 4.78 is 31.9. The Balaban J connectivity index is 2.76. The molecular formula is C13H17F2NO3. The maximum atomic E-state index is 13.5. The minimum atomic E-state index is -0.941. The number of aliphatic hydroxyl groups is 1. The topological polar surface area (TPSA) is 49.8 Å². The fraction of sp³-hybridized carbons (Fsp3) is 0.462. The molecule has 106 valence electrons. The highest BCUT2D eigenvalue weighted by Crippen LogP contribution is 2.23. The van der Waals surface area contributed by atoms with Crippen LogP contribution < -0.4 is 4.74 Å². The van der Waals surface area contributed by atoms with E-state index in [9.17, 15) is 13.6 Å². The number of hydrogen-bond acceptors (Lipinski definition) is 3. The smallest absolute Gasteiger partial charge is 0.260 e. The Hall–Kier alpha value is -1.69. The number of rotatable bonds is 5. The van der Waals surface area contributed by atoms with Gasteiger partial charge in [0.1, 0.15) is 0 Å². The Morgan fingerprint density at radius 1 is 1.37 bits per heavy atom. The Morgan fingerprint density at radius 2 is 1.89 bits per heavy atom. The lowest BCUT2D eigenvalue weighted by Gasteiger charge is -2.21. The third kappa shape index (κ3) is 3.89. The number of amides is 1. The first-order chi connectivity index (χ1) is 8.86. The van der Waals surface area contributed by atoms with E-state index in [0.29, 0.717) is 0 Å². The number of aliphatic hydroxyl groups excluding tert-OH is 1. The second kappa shape index (κ2) is 6.47. The van der Waals surface area contributed by atoms with E-state index in [4.69, 9.17) is 9.84 Å². The predicted octanol–water partition coefficient (Wildman–Crippen LogP) is 1.70. The minimum absolute atomic E-state index is 0.0254. The van der Waals surface area contributed by atoms with Crippen LogP contribution in [0.3, 0.4) is 0 Å². The van der Waals surface area contributed by atoms with Crippen LogP contribution in [-0.4, -0.2) is 35.6 Å². The van der Waals surface area contributed by atoms with Gasteiger partial charge in [-0.15, -0.1) is 0 Å². The van der Waals surface area contributed by atoms with E-state index in [0.717, 1.165) is 12.1 Å². The fourth-order valence-electron chi connectivity index (χ4n) is 1.37. The number of carbonyl (C=O) groups excluding carboxylic acids is 1. The molecule has 19 heavy (non-hydrogen) atoms. The van der Waals surface area contributed by atoms with E-state index in [1.54, 1.807) is 7.05 Å². The van der Waals surface area contributed by atoms with Crippen LogP contribution in [0.15, 0.2) is 12.1 Å². The molecule has 0 aromatic heterocycles. The van der Waals surface area contributed by atoms with E-state index < -0.39 is 30.6 Å². The van der Waals surface area contributed by atoms with Crippen molar-refractivity contribution in [3.05, 3.63) is 29.3 Å². The summed E-state index contributed by atoms with van der Waals surface area (Å²) in [7, 11) is 1.58. The quantitative estimate of drug-likeness (QED) is 0.888. The van der Waals surface area contributed by atoms with Gasteiger partial charge < -0.3 is 14.7 Å². The van der Waals surface area contributed by atoms with E-state index in [-0.39, 0.29) is 17.5 Å². The number of hydrogen-bond donors (Lipinski definition) is 1. The van der Waals surface area contributed by atoms with Gasteiger partial charge >= 0.3 is 0 Å². The SMILES string of the molecule is CC(C)N(C)C(=O)COc1c(F)cc(CO)cc1F. The normalized spacial score (nSPS) is 10.7. The van der Waals surface area contributed by atoms with Gasteiger partial charge in [-0.25, -0.2) is 8.78 Å². The molecular weight excluding hydrogens is 256 g/mol. The zero-order chi connectivity index (χ0) is 14.6. The van der Waals surface area contributed by atoms with Crippen LogP contribution in [0, 0.1) is 11.6 Å². The molecule has 0 aliphatic heterocycles. The van der Waals surface area contributed by atoms with Gasteiger partial charge in [0.2, 0.25) is 0 Å². The number of halogens is 2. The highest BCUT2D eigenvalue weighted by Gasteiger charge is 2.17. The summed E-state index contributed by atoms with van der Waals surface area (Å²) in [6.45, 7) is 2.72.